The van der Waals surface area contributed by atoms with E-state index < -0.39 is 17.8 Å². The monoisotopic (exact) mass is 345 g/mol. The second-order valence-electron chi connectivity index (χ2n) is 4.49. The predicted molar refractivity (Wildman–Crippen MR) is 78.7 cm³/mol. The van der Waals surface area contributed by atoms with Crippen LogP contribution in [0.3, 0.4) is 0 Å². The third-order valence-electron chi connectivity index (χ3n) is 3.22. The lowest BCUT2D eigenvalue weighted by Gasteiger charge is -2.13. The molecule has 2 aromatic carbocycles. The van der Waals surface area contributed by atoms with Crippen LogP contribution in [-0.2, 0) is 0 Å². The van der Waals surface area contributed by atoms with Crippen LogP contribution in [0.2, 0.25) is 0 Å². The van der Waals surface area contributed by atoms with E-state index in [1.165, 1.54) is 18.2 Å². The summed E-state index contributed by atoms with van der Waals surface area (Å²) in [6.07, 6.45) is 0. The molecule has 2 aromatic rings. The number of fused-ring (bicyclic) bond motifs is 1. The number of aromatic carboxylic acids is 1. The smallest absolute Gasteiger partial charge is 0.335 e. The molecule has 1 aliphatic rings. The maximum absolute atomic E-state index is 12.4. The van der Waals surface area contributed by atoms with Crippen molar-refractivity contribution in [1.82, 2.24) is 0 Å². The predicted octanol–water partition coefficient (Wildman–Crippen LogP) is 2.95. The van der Waals surface area contributed by atoms with Crippen molar-refractivity contribution >= 4 is 39.4 Å². The van der Waals surface area contributed by atoms with Gasteiger partial charge in [0.15, 0.2) is 0 Å². The number of anilines is 1. The standard InChI is InChI=1S/C15H8BrNO4/c16-9-2-4-10(5-3-9)17-13(18)11-6-1-8(15(20)21)7-12(11)14(17)19/h1-7H,(H,20,21). The molecule has 0 saturated heterocycles. The van der Waals surface area contributed by atoms with Gasteiger partial charge in [0.1, 0.15) is 0 Å². The van der Waals surface area contributed by atoms with Gasteiger partial charge in [0.25, 0.3) is 11.8 Å². The van der Waals surface area contributed by atoms with E-state index in [0.29, 0.717) is 5.69 Å². The summed E-state index contributed by atoms with van der Waals surface area (Å²) in [4.78, 5) is 36.7. The molecule has 104 valence electrons. The zero-order valence-corrected chi connectivity index (χ0v) is 12.1. The highest BCUT2D eigenvalue weighted by molar-refractivity contribution is 9.10. The topological polar surface area (TPSA) is 74.7 Å². The molecule has 0 radical (unpaired) electrons. The fraction of sp³-hybridized carbons (Fsp3) is 0. The number of nitrogens with zero attached hydrogens (tertiary/aromatic N) is 1. The van der Waals surface area contributed by atoms with Crippen LogP contribution in [0.4, 0.5) is 5.69 Å². The average molecular weight is 346 g/mol. The first-order valence-electron chi connectivity index (χ1n) is 6.01. The molecule has 0 aliphatic carbocycles. The molecule has 2 amide bonds. The molecule has 0 fully saturated rings. The van der Waals surface area contributed by atoms with Crippen molar-refractivity contribution in [3.05, 3.63) is 63.6 Å². The van der Waals surface area contributed by atoms with Gasteiger partial charge in [0.2, 0.25) is 0 Å². The van der Waals surface area contributed by atoms with Crippen LogP contribution in [0.25, 0.3) is 0 Å². The molecule has 5 nitrogen and oxygen atoms in total. The van der Waals surface area contributed by atoms with Gasteiger partial charge in [0, 0.05) is 4.47 Å². The van der Waals surface area contributed by atoms with Gasteiger partial charge >= 0.3 is 5.97 Å². The third kappa shape index (κ3) is 2.13. The Morgan fingerprint density at radius 3 is 2.19 bits per heavy atom. The number of amides is 2. The lowest BCUT2D eigenvalue weighted by Crippen LogP contribution is -2.29. The normalized spacial score (nSPS) is 13.5. The average Bonchev–Trinajstić information content (AvgIpc) is 2.72. The molecule has 1 N–H and O–H groups in total. The number of carboxylic acids is 1. The Labute approximate surface area is 127 Å². The van der Waals surface area contributed by atoms with Crippen molar-refractivity contribution in [1.29, 1.82) is 0 Å². The van der Waals surface area contributed by atoms with Crippen LogP contribution < -0.4 is 4.90 Å². The second-order valence-corrected chi connectivity index (χ2v) is 5.40. The molecular formula is C15H8BrNO4. The molecule has 0 unspecified atom stereocenters. The zero-order valence-electron chi connectivity index (χ0n) is 10.5. The molecule has 0 saturated carbocycles. The fourth-order valence-electron chi connectivity index (χ4n) is 2.20. The summed E-state index contributed by atoms with van der Waals surface area (Å²) >= 11 is 3.28. The molecule has 0 aromatic heterocycles. The Balaban J connectivity index is 2.08. The summed E-state index contributed by atoms with van der Waals surface area (Å²) in [5.41, 5.74) is 0.754. The molecular weight excluding hydrogens is 338 g/mol. The van der Waals surface area contributed by atoms with Crippen LogP contribution in [0, 0.1) is 0 Å². The first-order valence-corrected chi connectivity index (χ1v) is 6.80. The SMILES string of the molecule is O=C(O)c1ccc2c(c1)C(=O)N(c1ccc(Br)cc1)C2=O. The van der Waals surface area contributed by atoms with Crippen molar-refractivity contribution in [3.8, 4) is 0 Å². The quantitative estimate of drug-likeness (QED) is 0.849. The van der Waals surface area contributed by atoms with E-state index >= 15 is 0 Å². The number of imide groups is 1. The van der Waals surface area contributed by atoms with Crippen LogP contribution in [0.15, 0.2) is 46.9 Å². The first-order chi connectivity index (χ1) is 9.99. The van der Waals surface area contributed by atoms with E-state index in [-0.39, 0.29) is 16.7 Å². The highest BCUT2D eigenvalue weighted by Gasteiger charge is 2.37. The number of carbonyl (C=O) groups excluding carboxylic acids is 2. The van der Waals surface area contributed by atoms with E-state index in [2.05, 4.69) is 15.9 Å². The number of hydrogen-bond acceptors (Lipinski definition) is 3. The van der Waals surface area contributed by atoms with E-state index in [1.807, 2.05) is 0 Å². The highest BCUT2D eigenvalue weighted by atomic mass is 79.9. The lowest BCUT2D eigenvalue weighted by atomic mass is 10.1. The minimum Gasteiger partial charge on any atom is -0.478 e. The van der Waals surface area contributed by atoms with Gasteiger partial charge in [-0.25, -0.2) is 9.69 Å². The summed E-state index contributed by atoms with van der Waals surface area (Å²) in [5.74, 6) is -2.10. The van der Waals surface area contributed by atoms with Crippen LogP contribution in [-0.4, -0.2) is 22.9 Å². The summed E-state index contributed by atoms with van der Waals surface area (Å²) in [7, 11) is 0. The van der Waals surface area contributed by atoms with Crippen LogP contribution in [0.1, 0.15) is 31.1 Å². The minimum absolute atomic E-state index is 0.0208. The number of carboxylic acid groups (broad SMARTS) is 1. The van der Waals surface area contributed by atoms with Crippen LogP contribution >= 0.6 is 15.9 Å². The van der Waals surface area contributed by atoms with Gasteiger partial charge < -0.3 is 5.11 Å². The molecule has 0 spiro atoms. The van der Waals surface area contributed by atoms with Gasteiger partial charge in [-0.2, -0.15) is 0 Å². The number of carbonyl (C=O) groups is 3. The number of halogens is 1. The Bertz CT molecular complexity index is 783. The molecule has 21 heavy (non-hydrogen) atoms. The van der Waals surface area contributed by atoms with Crippen molar-refractivity contribution in [2.45, 2.75) is 0 Å². The molecule has 0 atom stereocenters. The van der Waals surface area contributed by atoms with Crippen LogP contribution in [0.5, 0.6) is 0 Å². The van der Waals surface area contributed by atoms with E-state index in [4.69, 9.17) is 5.11 Å². The van der Waals surface area contributed by atoms with E-state index in [0.717, 1.165) is 9.37 Å². The molecule has 6 heteroatoms. The Morgan fingerprint density at radius 2 is 1.57 bits per heavy atom. The maximum atomic E-state index is 12.4. The lowest BCUT2D eigenvalue weighted by molar-refractivity contribution is 0.0696. The number of benzene rings is 2. The Kier molecular flexibility index (Phi) is 3.10. The molecule has 3 rings (SSSR count). The third-order valence-corrected chi connectivity index (χ3v) is 3.75. The van der Waals surface area contributed by atoms with Crippen molar-refractivity contribution in [2.75, 3.05) is 4.90 Å². The maximum Gasteiger partial charge on any atom is 0.335 e. The van der Waals surface area contributed by atoms with Gasteiger partial charge in [-0.15, -0.1) is 0 Å². The summed E-state index contributed by atoms with van der Waals surface area (Å²) in [5, 5.41) is 8.97. The van der Waals surface area contributed by atoms with Gasteiger partial charge in [0.05, 0.1) is 22.4 Å². The summed E-state index contributed by atoms with van der Waals surface area (Å²) < 4.78 is 0.830. The van der Waals surface area contributed by atoms with Crippen molar-refractivity contribution in [3.63, 3.8) is 0 Å². The van der Waals surface area contributed by atoms with Gasteiger partial charge in [-0.3, -0.25) is 9.59 Å². The summed E-state index contributed by atoms with van der Waals surface area (Å²) in [6, 6.07) is 10.7. The van der Waals surface area contributed by atoms with E-state index in [9.17, 15) is 14.4 Å². The highest BCUT2D eigenvalue weighted by Crippen LogP contribution is 2.29. The molecule has 0 bridgehead atoms. The molecule has 1 aliphatic heterocycles. The Morgan fingerprint density at radius 1 is 0.952 bits per heavy atom. The Hall–Kier alpha value is -2.47. The van der Waals surface area contributed by atoms with Crippen molar-refractivity contribution in [2.24, 2.45) is 0 Å². The fourth-order valence-corrected chi connectivity index (χ4v) is 2.46. The van der Waals surface area contributed by atoms with Gasteiger partial charge in [-0.05, 0) is 42.5 Å². The number of rotatable bonds is 2. The number of hydrogen-bond donors (Lipinski definition) is 1. The molecule has 1 heterocycles. The first kappa shape index (κ1) is 13.5. The zero-order chi connectivity index (χ0) is 15.1. The second kappa shape index (κ2) is 4.82. The van der Waals surface area contributed by atoms with Gasteiger partial charge in [-0.1, -0.05) is 15.9 Å². The summed E-state index contributed by atoms with van der Waals surface area (Å²) in [6.45, 7) is 0. The minimum atomic E-state index is -1.14. The largest absolute Gasteiger partial charge is 0.478 e. The van der Waals surface area contributed by atoms with E-state index in [1.54, 1.807) is 24.3 Å². The van der Waals surface area contributed by atoms with Crippen molar-refractivity contribution < 1.29 is 19.5 Å².